The van der Waals surface area contributed by atoms with Crippen LogP contribution in [0.2, 0.25) is 0 Å². The van der Waals surface area contributed by atoms with Crippen LogP contribution in [0.5, 0.6) is 0 Å². The molecular formula is C15H24O. The summed E-state index contributed by atoms with van der Waals surface area (Å²) in [5.41, 5.74) is 2.99. The van der Waals surface area contributed by atoms with Crippen LogP contribution in [-0.2, 0) is 0 Å². The molecule has 1 N–H and O–H groups in total. The van der Waals surface area contributed by atoms with Gasteiger partial charge in [-0.1, -0.05) is 30.7 Å². The summed E-state index contributed by atoms with van der Waals surface area (Å²) in [6.07, 6.45) is 8.66. The topological polar surface area (TPSA) is 20.2 Å². The van der Waals surface area contributed by atoms with E-state index >= 15 is 0 Å². The van der Waals surface area contributed by atoms with Crippen LogP contribution < -0.4 is 0 Å². The molecule has 2 aliphatic rings. The fraction of sp³-hybridized carbons (Fsp3) is 0.733. The molecule has 0 aromatic heterocycles. The number of fused-ring (bicyclic) bond motifs is 2. The summed E-state index contributed by atoms with van der Waals surface area (Å²) >= 11 is 0. The zero-order valence-corrected chi connectivity index (χ0v) is 10.6. The van der Waals surface area contributed by atoms with Crippen LogP contribution in [0.15, 0.2) is 23.8 Å². The van der Waals surface area contributed by atoms with E-state index in [2.05, 4.69) is 19.6 Å². The monoisotopic (exact) mass is 220 g/mol. The Morgan fingerprint density at radius 2 is 2.31 bits per heavy atom. The molecule has 0 amide bonds. The molecule has 0 aliphatic heterocycles. The molecule has 0 heterocycles. The summed E-state index contributed by atoms with van der Waals surface area (Å²) in [6.45, 7) is 8.94. The van der Waals surface area contributed by atoms with Gasteiger partial charge in [0.2, 0.25) is 0 Å². The molecule has 1 unspecified atom stereocenters. The first-order valence-electron chi connectivity index (χ1n) is 6.53. The minimum absolute atomic E-state index is 0.198. The third-order valence-corrected chi connectivity index (χ3v) is 4.97. The largest absolute Gasteiger partial charge is 0.392 e. The Hall–Kier alpha value is -0.560. The fourth-order valence-corrected chi connectivity index (χ4v) is 3.65. The average molecular weight is 220 g/mol. The maximum atomic E-state index is 8.96. The highest BCUT2D eigenvalue weighted by molar-refractivity contribution is 5.24. The molecule has 2 fully saturated rings. The van der Waals surface area contributed by atoms with Crippen molar-refractivity contribution in [1.29, 1.82) is 0 Å². The van der Waals surface area contributed by atoms with Gasteiger partial charge in [-0.2, -0.15) is 0 Å². The Bertz CT molecular complexity index is 315. The normalized spacial score (nSPS) is 38.4. The van der Waals surface area contributed by atoms with E-state index in [9.17, 15) is 0 Å². The molecule has 1 nitrogen and oxygen atoms in total. The Morgan fingerprint density at radius 3 is 2.88 bits per heavy atom. The van der Waals surface area contributed by atoms with Crippen molar-refractivity contribution in [3.8, 4) is 0 Å². The molecule has 0 aromatic rings. The first-order chi connectivity index (χ1) is 7.58. The molecule has 2 aliphatic carbocycles. The van der Waals surface area contributed by atoms with Crippen molar-refractivity contribution in [3.63, 3.8) is 0 Å². The second-order valence-corrected chi connectivity index (χ2v) is 5.90. The van der Waals surface area contributed by atoms with E-state index in [1.54, 1.807) is 0 Å². The van der Waals surface area contributed by atoms with Gasteiger partial charge in [-0.25, -0.2) is 0 Å². The zero-order chi connectivity index (χ0) is 11.8. The van der Waals surface area contributed by atoms with Crippen LogP contribution in [0.25, 0.3) is 0 Å². The molecule has 1 heteroatoms. The summed E-state index contributed by atoms with van der Waals surface area (Å²) in [4.78, 5) is 0. The summed E-state index contributed by atoms with van der Waals surface area (Å²) in [5, 5.41) is 8.96. The minimum atomic E-state index is 0.198. The molecule has 0 spiro atoms. The number of rotatable bonds is 4. The van der Waals surface area contributed by atoms with E-state index in [1.807, 2.05) is 6.92 Å². The summed E-state index contributed by atoms with van der Waals surface area (Å²) in [7, 11) is 0. The van der Waals surface area contributed by atoms with Gasteiger partial charge in [0.1, 0.15) is 0 Å². The summed E-state index contributed by atoms with van der Waals surface area (Å²) in [6, 6.07) is 0. The first-order valence-corrected chi connectivity index (χ1v) is 6.53. The molecular weight excluding hydrogens is 196 g/mol. The zero-order valence-electron chi connectivity index (χ0n) is 10.6. The Balaban J connectivity index is 1.96. The highest BCUT2D eigenvalue weighted by Gasteiger charge is 2.49. The highest BCUT2D eigenvalue weighted by atomic mass is 16.3. The first kappa shape index (κ1) is 11.9. The number of hydrogen-bond acceptors (Lipinski definition) is 1. The minimum Gasteiger partial charge on any atom is -0.392 e. The van der Waals surface area contributed by atoms with E-state index in [1.165, 1.54) is 31.3 Å². The van der Waals surface area contributed by atoms with Crippen molar-refractivity contribution in [2.45, 2.75) is 46.0 Å². The predicted molar refractivity (Wildman–Crippen MR) is 68.2 cm³/mol. The summed E-state index contributed by atoms with van der Waals surface area (Å²) in [5.74, 6) is 1.70. The lowest BCUT2D eigenvalue weighted by Gasteiger charge is -2.36. The number of aliphatic hydroxyl groups is 1. The van der Waals surface area contributed by atoms with Gasteiger partial charge in [0.05, 0.1) is 6.61 Å². The highest BCUT2D eigenvalue weighted by Crippen LogP contribution is 2.60. The lowest BCUT2D eigenvalue weighted by molar-refractivity contribution is 0.240. The van der Waals surface area contributed by atoms with Gasteiger partial charge in [0, 0.05) is 0 Å². The molecule has 3 atom stereocenters. The van der Waals surface area contributed by atoms with Crippen molar-refractivity contribution in [3.05, 3.63) is 23.8 Å². The van der Waals surface area contributed by atoms with Gasteiger partial charge in [0.25, 0.3) is 0 Å². The van der Waals surface area contributed by atoms with Gasteiger partial charge >= 0.3 is 0 Å². The van der Waals surface area contributed by atoms with Gasteiger partial charge < -0.3 is 5.11 Å². The number of allylic oxidation sites excluding steroid dienone is 2. The van der Waals surface area contributed by atoms with Crippen molar-refractivity contribution >= 4 is 0 Å². The van der Waals surface area contributed by atoms with Crippen LogP contribution in [0, 0.1) is 17.3 Å². The third kappa shape index (κ3) is 1.86. The van der Waals surface area contributed by atoms with E-state index < -0.39 is 0 Å². The smallest absolute Gasteiger partial charge is 0.0639 e. The van der Waals surface area contributed by atoms with Gasteiger partial charge in [-0.15, -0.1) is 0 Å². The third-order valence-electron chi connectivity index (χ3n) is 4.97. The molecule has 0 radical (unpaired) electrons. The van der Waals surface area contributed by atoms with E-state index in [-0.39, 0.29) is 6.61 Å². The second-order valence-electron chi connectivity index (χ2n) is 5.90. The lowest BCUT2D eigenvalue weighted by Crippen LogP contribution is -2.26. The van der Waals surface area contributed by atoms with Crippen molar-refractivity contribution in [1.82, 2.24) is 0 Å². The van der Waals surface area contributed by atoms with Crippen LogP contribution in [0.1, 0.15) is 46.0 Å². The molecule has 90 valence electrons. The molecule has 0 aromatic carbocycles. The fourth-order valence-electron chi connectivity index (χ4n) is 3.65. The maximum Gasteiger partial charge on any atom is 0.0639 e. The van der Waals surface area contributed by atoms with Gasteiger partial charge in [0.15, 0.2) is 0 Å². The number of hydrogen-bond donors (Lipinski definition) is 1. The van der Waals surface area contributed by atoms with Gasteiger partial charge in [-0.3, -0.25) is 0 Å². The van der Waals surface area contributed by atoms with E-state index in [0.717, 1.165) is 23.8 Å². The van der Waals surface area contributed by atoms with Crippen LogP contribution in [-0.4, -0.2) is 11.7 Å². The Morgan fingerprint density at radius 1 is 1.56 bits per heavy atom. The van der Waals surface area contributed by atoms with Crippen molar-refractivity contribution in [2.24, 2.45) is 17.3 Å². The van der Waals surface area contributed by atoms with Crippen LogP contribution >= 0.6 is 0 Å². The molecule has 2 bridgehead atoms. The van der Waals surface area contributed by atoms with Crippen molar-refractivity contribution in [2.75, 3.05) is 6.61 Å². The van der Waals surface area contributed by atoms with Crippen molar-refractivity contribution < 1.29 is 5.11 Å². The van der Waals surface area contributed by atoms with Crippen LogP contribution in [0.4, 0.5) is 0 Å². The van der Waals surface area contributed by atoms with Crippen LogP contribution in [0.3, 0.4) is 0 Å². The quantitative estimate of drug-likeness (QED) is 0.716. The second kappa shape index (κ2) is 4.37. The average Bonchev–Trinajstić information content (AvgIpc) is 2.83. The SMILES string of the molecule is C=C1[C@@H]2CCC(C2)[C@@]1(C)CC/C=C(\C)CO. The summed E-state index contributed by atoms with van der Waals surface area (Å²) < 4.78 is 0. The predicted octanol–water partition coefficient (Wildman–Crippen LogP) is 3.70. The molecule has 16 heavy (non-hydrogen) atoms. The maximum absolute atomic E-state index is 8.96. The number of aliphatic hydroxyl groups excluding tert-OH is 1. The van der Waals surface area contributed by atoms with E-state index in [4.69, 9.17) is 5.11 Å². The molecule has 0 saturated heterocycles. The Labute approximate surface area is 99.3 Å². The van der Waals surface area contributed by atoms with Gasteiger partial charge in [-0.05, 0) is 56.3 Å². The Kier molecular flexibility index (Phi) is 3.25. The molecule has 2 saturated carbocycles. The molecule has 2 rings (SSSR count). The van der Waals surface area contributed by atoms with E-state index in [0.29, 0.717) is 5.41 Å². The standard InChI is InChI=1S/C15H24O/c1-11(10-16)5-4-8-15(3)12(2)13-6-7-14(15)9-13/h5,13-14,16H,2,4,6-10H2,1,3H3/b11-5+/t13-,14?,15+/m1/s1. The lowest BCUT2D eigenvalue weighted by atomic mass is 9.69.